The molecule has 240 valence electrons. The van der Waals surface area contributed by atoms with Crippen molar-refractivity contribution < 1.29 is 0 Å². The molecule has 3 heteroatoms. The molecule has 0 N–H and O–H groups in total. The van der Waals surface area contributed by atoms with E-state index in [0.717, 1.165) is 17.1 Å². The third-order valence-electron chi connectivity index (χ3n) is 10.5. The number of hydrogen-bond acceptors (Lipinski definition) is 2. The summed E-state index contributed by atoms with van der Waals surface area (Å²) < 4.78 is 0. The first kappa shape index (κ1) is 30.0. The minimum atomic E-state index is -2.56. The van der Waals surface area contributed by atoms with Gasteiger partial charge in [-0.2, -0.15) is 0 Å². The lowest BCUT2D eigenvalue weighted by molar-refractivity contribution is 1.29. The molecule has 1 spiro atoms. The van der Waals surface area contributed by atoms with Gasteiger partial charge in [-0.15, -0.1) is 0 Å². The first-order valence-electron chi connectivity index (χ1n) is 17.5. The molecule has 2 aliphatic heterocycles. The number of nitrogens with zero attached hydrogens (tertiary/aromatic N) is 1. The van der Waals surface area contributed by atoms with Gasteiger partial charge in [0.15, 0.2) is 8.07 Å². The van der Waals surface area contributed by atoms with E-state index in [4.69, 9.17) is 0 Å². The number of benzene rings is 8. The van der Waals surface area contributed by atoms with Crippen molar-refractivity contribution in [1.82, 2.24) is 0 Å². The molecule has 51 heavy (non-hydrogen) atoms. The van der Waals surface area contributed by atoms with Crippen LogP contribution in [0.4, 0.5) is 17.1 Å². The maximum absolute atomic E-state index is 2.56. The number of anilines is 3. The second-order valence-electron chi connectivity index (χ2n) is 13.3. The smallest absolute Gasteiger partial charge is 0.183 e. The molecule has 0 unspecified atom stereocenters. The summed E-state index contributed by atoms with van der Waals surface area (Å²) in [5.41, 5.74) is 10.9. The Hall–Kier alpha value is -5.87. The highest BCUT2D eigenvalue weighted by atomic mass is 32.2. The van der Waals surface area contributed by atoms with Gasteiger partial charge in [-0.25, -0.2) is 0 Å². The molecule has 1 nitrogen and oxygen atoms in total. The van der Waals surface area contributed by atoms with Crippen molar-refractivity contribution in [2.45, 2.75) is 9.79 Å². The second-order valence-corrected chi connectivity index (χ2v) is 18.0. The fourth-order valence-electron chi connectivity index (χ4n) is 8.35. The monoisotopic (exact) mass is 683 g/mol. The van der Waals surface area contributed by atoms with Crippen LogP contribution in [0.1, 0.15) is 0 Å². The molecule has 0 amide bonds. The van der Waals surface area contributed by atoms with E-state index in [9.17, 15) is 0 Å². The van der Waals surface area contributed by atoms with Crippen LogP contribution in [-0.2, 0) is 0 Å². The molecule has 10 rings (SSSR count). The molecule has 0 atom stereocenters. The van der Waals surface area contributed by atoms with Crippen molar-refractivity contribution in [2.24, 2.45) is 0 Å². The van der Waals surface area contributed by atoms with E-state index >= 15 is 0 Å². The second kappa shape index (κ2) is 12.2. The summed E-state index contributed by atoms with van der Waals surface area (Å²) in [6.07, 6.45) is 0. The molecule has 0 bridgehead atoms. The van der Waals surface area contributed by atoms with Gasteiger partial charge in [0.2, 0.25) is 0 Å². The minimum Gasteiger partial charge on any atom is -0.310 e. The highest BCUT2D eigenvalue weighted by Gasteiger charge is 2.52. The molecule has 8 aromatic rings. The van der Waals surface area contributed by atoms with E-state index < -0.39 is 8.07 Å². The zero-order chi connectivity index (χ0) is 33.8. The molecule has 0 aliphatic carbocycles. The van der Waals surface area contributed by atoms with E-state index in [0.29, 0.717) is 0 Å². The number of fused-ring (bicyclic) bond motifs is 9. The predicted octanol–water partition coefficient (Wildman–Crippen LogP) is 10.3. The summed E-state index contributed by atoms with van der Waals surface area (Å²) >= 11 is 1.92. The van der Waals surface area contributed by atoms with E-state index in [2.05, 4.69) is 205 Å². The van der Waals surface area contributed by atoms with Crippen LogP contribution >= 0.6 is 11.8 Å². The maximum Gasteiger partial charge on any atom is 0.183 e. The van der Waals surface area contributed by atoms with Crippen molar-refractivity contribution in [2.75, 3.05) is 4.90 Å². The van der Waals surface area contributed by atoms with E-state index in [1.165, 1.54) is 63.9 Å². The lowest BCUT2D eigenvalue weighted by atomic mass is 9.97. The molecule has 0 radical (unpaired) electrons. The molecule has 2 aliphatic rings. The van der Waals surface area contributed by atoms with Crippen molar-refractivity contribution in [3.05, 3.63) is 200 Å². The zero-order valence-electron chi connectivity index (χ0n) is 27.9. The quantitative estimate of drug-likeness (QED) is 0.166. The molecule has 8 aromatic carbocycles. The lowest BCUT2D eigenvalue weighted by Gasteiger charge is -2.37. The fourth-order valence-corrected chi connectivity index (χ4v) is 15.7. The first-order valence-corrected chi connectivity index (χ1v) is 20.3. The summed E-state index contributed by atoms with van der Waals surface area (Å²) in [6, 6.07) is 74.1. The van der Waals surface area contributed by atoms with Crippen molar-refractivity contribution in [3.8, 4) is 33.4 Å². The largest absolute Gasteiger partial charge is 0.310 e. The van der Waals surface area contributed by atoms with Crippen LogP contribution in [0.3, 0.4) is 0 Å². The Morgan fingerprint density at radius 2 is 0.804 bits per heavy atom. The van der Waals surface area contributed by atoms with Gasteiger partial charge in [-0.3, -0.25) is 0 Å². The van der Waals surface area contributed by atoms with E-state index in [1.807, 2.05) is 11.8 Å². The Morgan fingerprint density at radius 3 is 1.41 bits per heavy atom. The van der Waals surface area contributed by atoms with Gasteiger partial charge in [-0.1, -0.05) is 157 Å². The average Bonchev–Trinajstić information content (AvgIpc) is 3.49. The Kier molecular flexibility index (Phi) is 7.16. The normalized spacial score (nSPS) is 13.2. The molecular weight excluding hydrogens is 651 g/mol. The predicted molar refractivity (Wildman–Crippen MR) is 219 cm³/mol. The van der Waals surface area contributed by atoms with E-state index in [-0.39, 0.29) is 0 Å². The topological polar surface area (TPSA) is 3.24 Å². The minimum absolute atomic E-state index is 1.13. The fraction of sp³-hybridized carbons (Fsp3) is 0. The molecular formula is C48H33NSSi. The highest BCUT2D eigenvalue weighted by Crippen LogP contribution is 2.43. The molecule has 0 saturated heterocycles. The molecule has 2 heterocycles. The molecule has 0 saturated carbocycles. The van der Waals surface area contributed by atoms with Crippen molar-refractivity contribution >= 4 is 57.6 Å². The third-order valence-corrected chi connectivity index (χ3v) is 17.0. The Morgan fingerprint density at radius 1 is 0.314 bits per heavy atom. The SMILES string of the molecule is c1ccc(-c2cc(-c3ccccc3)cc(N(c3ccccc3)c3ccc4c(c3)-c3ccccc3[Si]43c4ccccc4Sc4ccccc43)c2)cc1. The maximum atomic E-state index is 2.47. The van der Waals surface area contributed by atoms with Gasteiger partial charge in [0, 0.05) is 26.9 Å². The standard InChI is InChI=1S/C48H33NSSi/c1-4-16-34(17-5-1)36-30-37(35-18-6-2-7-19-35)32-40(31-36)49(38-20-8-3-9-21-38)39-28-29-46-42(33-39)41-22-10-13-25-45(41)51(46)47-26-14-11-23-43(47)50-44-24-12-15-27-48(44)51/h1-33H. The number of para-hydroxylation sites is 1. The van der Waals surface area contributed by atoms with Gasteiger partial charge < -0.3 is 4.90 Å². The van der Waals surface area contributed by atoms with E-state index in [1.54, 1.807) is 0 Å². The highest BCUT2D eigenvalue weighted by molar-refractivity contribution is 8.00. The van der Waals surface area contributed by atoms with Crippen LogP contribution in [0.5, 0.6) is 0 Å². The van der Waals surface area contributed by atoms with Crippen molar-refractivity contribution in [3.63, 3.8) is 0 Å². The lowest BCUT2D eigenvalue weighted by Crippen LogP contribution is -2.74. The van der Waals surface area contributed by atoms with Gasteiger partial charge in [0.05, 0.1) is 0 Å². The van der Waals surface area contributed by atoms with Crippen molar-refractivity contribution in [1.29, 1.82) is 0 Å². The molecule has 0 aromatic heterocycles. The van der Waals surface area contributed by atoms with Gasteiger partial charge in [-0.05, 0) is 109 Å². The van der Waals surface area contributed by atoms with Gasteiger partial charge in [0.1, 0.15) is 0 Å². The summed E-state index contributed by atoms with van der Waals surface area (Å²) in [5.74, 6) is 0. The van der Waals surface area contributed by atoms with Crippen LogP contribution in [0.25, 0.3) is 33.4 Å². The Balaban J connectivity index is 1.23. The third kappa shape index (κ3) is 4.77. The average molecular weight is 684 g/mol. The summed E-state index contributed by atoms with van der Waals surface area (Å²) in [6.45, 7) is 0. The Labute approximate surface area is 304 Å². The van der Waals surface area contributed by atoms with Crippen LogP contribution in [0.15, 0.2) is 210 Å². The number of rotatable bonds is 5. The van der Waals surface area contributed by atoms with Crippen LogP contribution in [0.2, 0.25) is 0 Å². The zero-order valence-corrected chi connectivity index (χ0v) is 29.7. The van der Waals surface area contributed by atoms with Crippen LogP contribution in [-0.4, -0.2) is 8.07 Å². The number of hydrogen-bond donors (Lipinski definition) is 0. The summed E-state index contributed by atoms with van der Waals surface area (Å²) in [5, 5.41) is 5.95. The summed E-state index contributed by atoms with van der Waals surface area (Å²) in [4.78, 5) is 5.20. The van der Waals surface area contributed by atoms with Gasteiger partial charge in [0.25, 0.3) is 0 Å². The Bertz CT molecular complexity index is 2460. The van der Waals surface area contributed by atoms with Gasteiger partial charge >= 0.3 is 0 Å². The van der Waals surface area contributed by atoms with Crippen LogP contribution < -0.4 is 25.6 Å². The first-order chi connectivity index (χ1) is 25.3. The summed E-state index contributed by atoms with van der Waals surface area (Å²) in [7, 11) is -2.56. The van der Waals surface area contributed by atoms with Crippen LogP contribution in [0, 0.1) is 0 Å². The molecule has 0 fully saturated rings.